The number of H-pyrrole nitrogens is 1. The lowest BCUT2D eigenvalue weighted by molar-refractivity contribution is -0.120. The van der Waals surface area contributed by atoms with Crippen LogP contribution in [0.4, 0.5) is 0 Å². The van der Waals surface area contributed by atoms with E-state index in [1.165, 1.54) is 33.5 Å². The van der Waals surface area contributed by atoms with Crippen molar-refractivity contribution in [3.05, 3.63) is 88.6 Å². The minimum Gasteiger partial charge on any atom is -0.493 e. The van der Waals surface area contributed by atoms with E-state index in [1.54, 1.807) is 0 Å². The number of benzene rings is 3. The van der Waals surface area contributed by atoms with Gasteiger partial charge in [-0.3, -0.25) is 9.59 Å². The zero-order chi connectivity index (χ0) is 26.4. The number of rotatable bonds is 10. The van der Waals surface area contributed by atoms with Crippen LogP contribution in [-0.4, -0.2) is 51.2 Å². The van der Waals surface area contributed by atoms with E-state index >= 15 is 0 Å². The Morgan fingerprint density at radius 3 is 2.24 bits per heavy atom. The van der Waals surface area contributed by atoms with Gasteiger partial charge in [-0.05, 0) is 35.4 Å². The summed E-state index contributed by atoms with van der Waals surface area (Å²) in [6.07, 6.45) is 1.94. The summed E-state index contributed by atoms with van der Waals surface area (Å²) in [6, 6.07) is 18.6. The van der Waals surface area contributed by atoms with E-state index in [0.717, 1.165) is 22.0 Å². The lowest BCUT2D eigenvalue weighted by Gasteiger charge is -2.19. The van der Waals surface area contributed by atoms with Gasteiger partial charge in [0.05, 0.1) is 27.9 Å². The molecule has 0 spiro atoms. The lowest BCUT2D eigenvalue weighted by Crippen LogP contribution is -2.38. The highest BCUT2D eigenvalue weighted by atomic mass is 35.5. The Morgan fingerprint density at radius 2 is 1.57 bits per heavy atom. The van der Waals surface area contributed by atoms with Crippen LogP contribution in [0.5, 0.6) is 17.2 Å². The van der Waals surface area contributed by atoms with Gasteiger partial charge in [0.15, 0.2) is 11.5 Å². The molecular weight excluding hydrogens is 494 g/mol. The highest BCUT2D eigenvalue weighted by Crippen LogP contribution is 2.38. The van der Waals surface area contributed by atoms with E-state index in [0.29, 0.717) is 28.8 Å². The minimum absolute atomic E-state index is 0.195. The van der Waals surface area contributed by atoms with Crippen molar-refractivity contribution in [2.24, 2.45) is 0 Å². The predicted octanol–water partition coefficient (Wildman–Crippen LogP) is 4.53. The smallest absolute Gasteiger partial charge is 0.251 e. The Bertz CT molecular complexity index is 1390. The van der Waals surface area contributed by atoms with Gasteiger partial charge in [0.2, 0.25) is 11.7 Å². The molecule has 0 radical (unpaired) electrons. The average Bonchev–Trinajstić information content (AvgIpc) is 3.35. The first kappa shape index (κ1) is 25.9. The number of amides is 2. The van der Waals surface area contributed by atoms with Crippen LogP contribution >= 0.6 is 11.6 Å². The lowest BCUT2D eigenvalue weighted by atomic mass is 9.90. The molecule has 8 nitrogen and oxygen atoms in total. The first-order chi connectivity index (χ1) is 18.0. The average molecular weight is 522 g/mol. The molecule has 1 aromatic heterocycles. The molecule has 9 heteroatoms. The molecule has 1 atom stereocenters. The van der Waals surface area contributed by atoms with Gasteiger partial charge >= 0.3 is 0 Å². The van der Waals surface area contributed by atoms with Crippen molar-refractivity contribution in [1.82, 2.24) is 15.6 Å². The first-order valence-corrected chi connectivity index (χ1v) is 12.0. The molecule has 3 aromatic carbocycles. The fourth-order valence-corrected chi connectivity index (χ4v) is 4.55. The maximum absolute atomic E-state index is 12.8. The number of aromatic amines is 1. The number of para-hydroxylation sites is 1. The molecule has 1 unspecified atom stereocenters. The molecular formula is C28H28ClN3O5. The SMILES string of the molecule is COc1cc(C(=O)NCC(=O)NCC(c2ccccc2Cl)c2c[nH]c3ccccc23)cc(OC)c1OC. The van der Waals surface area contributed by atoms with Crippen LogP contribution in [0, 0.1) is 0 Å². The van der Waals surface area contributed by atoms with Gasteiger partial charge in [-0.2, -0.15) is 0 Å². The molecule has 37 heavy (non-hydrogen) atoms. The van der Waals surface area contributed by atoms with Crippen molar-refractivity contribution in [2.45, 2.75) is 5.92 Å². The standard InChI is InChI=1S/C28H28ClN3O5/c1-35-24-12-17(13-25(36-2)27(24)37-3)28(34)32-16-26(33)31-15-20(18-8-4-6-10-22(18)29)21-14-30-23-11-7-5-9-19(21)23/h4-14,20,30H,15-16H2,1-3H3,(H,31,33)(H,32,34). The number of halogens is 1. The molecule has 2 amide bonds. The monoisotopic (exact) mass is 521 g/mol. The van der Waals surface area contributed by atoms with Crippen molar-refractivity contribution in [1.29, 1.82) is 0 Å². The van der Waals surface area contributed by atoms with Crippen LogP contribution in [0.25, 0.3) is 10.9 Å². The quantitative estimate of drug-likeness (QED) is 0.285. The number of ether oxygens (including phenoxy) is 3. The maximum atomic E-state index is 12.8. The normalized spacial score (nSPS) is 11.6. The fourth-order valence-electron chi connectivity index (χ4n) is 4.28. The van der Waals surface area contributed by atoms with Crippen LogP contribution in [-0.2, 0) is 4.79 Å². The number of fused-ring (bicyclic) bond motifs is 1. The van der Waals surface area contributed by atoms with Gasteiger partial charge in [-0.25, -0.2) is 0 Å². The summed E-state index contributed by atoms with van der Waals surface area (Å²) >= 11 is 6.53. The third kappa shape index (κ3) is 5.65. The maximum Gasteiger partial charge on any atom is 0.251 e. The van der Waals surface area contributed by atoms with Crippen LogP contribution < -0.4 is 24.8 Å². The van der Waals surface area contributed by atoms with Crippen LogP contribution in [0.3, 0.4) is 0 Å². The van der Waals surface area contributed by atoms with Gasteiger partial charge in [0.1, 0.15) is 0 Å². The molecule has 4 rings (SSSR count). The van der Waals surface area contributed by atoms with Gasteiger partial charge in [-0.15, -0.1) is 0 Å². The zero-order valence-electron chi connectivity index (χ0n) is 20.8. The number of methoxy groups -OCH3 is 3. The fraction of sp³-hybridized carbons (Fsp3) is 0.214. The van der Waals surface area contributed by atoms with Crippen molar-refractivity contribution < 1.29 is 23.8 Å². The summed E-state index contributed by atoms with van der Waals surface area (Å²) < 4.78 is 15.9. The number of hydrogen-bond donors (Lipinski definition) is 3. The molecule has 0 fully saturated rings. The predicted molar refractivity (Wildman–Crippen MR) is 143 cm³/mol. The van der Waals surface area contributed by atoms with E-state index < -0.39 is 5.91 Å². The number of hydrogen-bond acceptors (Lipinski definition) is 5. The molecule has 0 bridgehead atoms. The summed E-state index contributed by atoms with van der Waals surface area (Å²) in [4.78, 5) is 28.8. The largest absolute Gasteiger partial charge is 0.493 e. The second kappa shape index (κ2) is 11.7. The highest BCUT2D eigenvalue weighted by Gasteiger charge is 2.22. The summed E-state index contributed by atoms with van der Waals surface area (Å²) in [5.41, 5.74) is 3.19. The van der Waals surface area contributed by atoms with Gasteiger partial charge in [0.25, 0.3) is 5.91 Å². The summed E-state index contributed by atoms with van der Waals surface area (Å²) in [7, 11) is 4.42. The van der Waals surface area contributed by atoms with E-state index in [2.05, 4.69) is 15.6 Å². The first-order valence-electron chi connectivity index (χ1n) is 11.6. The number of carbonyl (C=O) groups is 2. The molecule has 0 aliphatic rings. The molecule has 3 N–H and O–H groups in total. The van der Waals surface area contributed by atoms with Crippen molar-refractivity contribution in [2.75, 3.05) is 34.4 Å². The molecule has 0 saturated carbocycles. The number of nitrogens with one attached hydrogen (secondary N) is 3. The van der Waals surface area contributed by atoms with E-state index in [4.69, 9.17) is 25.8 Å². The van der Waals surface area contributed by atoms with E-state index in [1.807, 2.05) is 54.7 Å². The highest BCUT2D eigenvalue weighted by molar-refractivity contribution is 6.31. The molecule has 1 heterocycles. The van der Waals surface area contributed by atoms with Gasteiger partial charge < -0.3 is 29.8 Å². The number of aromatic nitrogens is 1. The van der Waals surface area contributed by atoms with Crippen LogP contribution in [0.1, 0.15) is 27.4 Å². The molecule has 0 saturated heterocycles. The summed E-state index contributed by atoms with van der Waals surface area (Å²) in [6.45, 7) is 0.0864. The Balaban J connectivity index is 1.47. The topological polar surface area (TPSA) is 102 Å². The second-order valence-electron chi connectivity index (χ2n) is 8.26. The number of carbonyl (C=O) groups excluding carboxylic acids is 2. The molecule has 0 aliphatic heterocycles. The summed E-state index contributed by atoms with van der Waals surface area (Å²) in [5, 5.41) is 7.25. The Hall–Kier alpha value is -4.17. The summed E-state index contributed by atoms with van der Waals surface area (Å²) in [5.74, 6) is 0.0868. The van der Waals surface area contributed by atoms with Crippen LogP contribution in [0.2, 0.25) is 5.02 Å². The second-order valence-corrected chi connectivity index (χ2v) is 8.67. The van der Waals surface area contributed by atoms with E-state index in [9.17, 15) is 9.59 Å². The Morgan fingerprint density at radius 1 is 0.892 bits per heavy atom. The van der Waals surface area contributed by atoms with E-state index in [-0.39, 0.29) is 23.9 Å². The minimum atomic E-state index is -0.450. The zero-order valence-corrected chi connectivity index (χ0v) is 21.5. The third-order valence-electron chi connectivity index (χ3n) is 6.12. The third-order valence-corrected chi connectivity index (χ3v) is 6.46. The molecule has 4 aromatic rings. The van der Waals surface area contributed by atoms with Crippen molar-refractivity contribution in [3.63, 3.8) is 0 Å². The van der Waals surface area contributed by atoms with Crippen molar-refractivity contribution in [3.8, 4) is 17.2 Å². The van der Waals surface area contributed by atoms with Gasteiger partial charge in [-0.1, -0.05) is 48.0 Å². The molecule has 192 valence electrons. The Labute approximate surface area is 219 Å². The van der Waals surface area contributed by atoms with Gasteiger partial charge in [0, 0.05) is 40.1 Å². The van der Waals surface area contributed by atoms with Crippen LogP contribution in [0.15, 0.2) is 66.9 Å². The Kier molecular flexibility index (Phi) is 8.20. The van der Waals surface area contributed by atoms with Crippen molar-refractivity contribution >= 4 is 34.3 Å². The molecule has 0 aliphatic carbocycles.